The second-order valence-corrected chi connectivity index (χ2v) is 8.63. The first-order valence-corrected chi connectivity index (χ1v) is 11.3. The van der Waals surface area contributed by atoms with Crippen molar-refractivity contribution in [3.05, 3.63) is 95.4 Å². The highest BCUT2D eigenvalue weighted by Gasteiger charge is 2.11. The summed E-state index contributed by atoms with van der Waals surface area (Å²) in [7, 11) is 0. The fourth-order valence-corrected chi connectivity index (χ4v) is 4.58. The Balaban J connectivity index is 1.28. The molecule has 34 heavy (non-hydrogen) atoms. The number of aromatic amines is 1. The standard InChI is InChI=1S/C25H16FN7S/c26-20-4-2-1-3-17(20)13-33-15-29-21-9-18(6-8-23(21)33)32-25-24-22(27-14-28-25)10-19(34-24)7-5-16-11-30-31-12-16/h1-4,6,8-12,14-15H,13H2,(H,30,31)(H,27,28,32). The lowest BCUT2D eigenvalue weighted by atomic mass is 10.2. The zero-order valence-corrected chi connectivity index (χ0v) is 18.5. The van der Waals surface area contributed by atoms with Gasteiger partial charge in [-0.05, 0) is 30.3 Å². The number of thiophene rings is 1. The van der Waals surface area contributed by atoms with Crippen LogP contribution in [0.25, 0.3) is 21.3 Å². The van der Waals surface area contributed by atoms with Crippen molar-refractivity contribution in [3.8, 4) is 11.8 Å². The molecule has 0 saturated heterocycles. The summed E-state index contributed by atoms with van der Waals surface area (Å²) in [4.78, 5) is 14.2. The smallest absolute Gasteiger partial charge is 0.151 e. The maximum atomic E-state index is 14.1. The van der Waals surface area contributed by atoms with Gasteiger partial charge in [-0.3, -0.25) is 5.10 Å². The number of rotatable bonds is 4. The molecule has 2 N–H and O–H groups in total. The van der Waals surface area contributed by atoms with Crippen LogP contribution in [0.1, 0.15) is 16.0 Å². The number of halogens is 1. The Morgan fingerprint density at radius 1 is 1.03 bits per heavy atom. The van der Waals surface area contributed by atoms with Crippen molar-refractivity contribution in [3.63, 3.8) is 0 Å². The van der Waals surface area contributed by atoms with Gasteiger partial charge >= 0.3 is 0 Å². The largest absolute Gasteiger partial charge is 0.339 e. The molecule has 0 radical (unpaired) electrons. The molecule has 4 aromatic heterocycles. The van der Waals surface area contributed by atoms with Crippen molar-refractivity contribution in [2.24, 2.45) is 0 Å². The van der Waals surface area contributed by atoms with Crippen LogP contribution in [0.5, 0.6) is 0 Å². The average molecular weight is 466 g/mol. The number of nitrogens with one attached hydrogen (secondary N) is 2. The summed E-state index contributed by atoms with van der Waals surface area (Å²) in [5.74, 6) is 6.71. The van der Waals surface area contributed by atoms with Gasteiger partial charge in [0.25, 0.3) is 0 Å². The molecule has 0 bridgehead atoms. The minimum atomic E-state index is -0.222. The molecule has 2 aromatic carbocycles. The lowest BCUT2D eigenvalue weighted by Gasteiger charge is -2.08. The quantitative estimate of drug-likeness (QED) is 0.354. The number of imidazole rings is 1. The molecule has 0 aliphatic heterocycles. The van der Waals surface area contributed by atoms with Crippen LogP contribution in [-0.4, -0.2) is 29.7 Å². The van der Waals surface area contributed by atoms with Crippen molar-refractivity contribution in [1.29, 1.82) is 0 Å². The van der Waals surface area contributed by atoms with Crippen LogP contribution in [0, 0.1) is 17.7 Å². The SMILES string of the molecule is Fc1ccccc1Cn1cnc2cc(Nc3ncnc4cc(C#Cc5cn[nH]c5)sc34)ccc21. The van der Waals surface area contributed by atoms with Crippen molar-refractivity contribution in [2.75, 3.05) is 5.32 Å². The predicted molar refractivity (Wildman–Crippen MR) is 131 cm³/mol. The number of hydrogen-bond donors (Lipinski definition) is 2. The van der Waals surface area contributed by atoms with Gasteiger partial charge in [0.05, 0.1) is 50.8 Å². The molecule has 0 atom stereocenters. The Hall–Kier alpha value is -4.55. The molecule has 7 nitrogen and oxygen atoms in total. The lowest BCUT2D eigenvalue weighted by Crippen LogP contribution is -2.00. The number of H-pyrrole nitrogens is 1. The topological polar surface area (TPSA) is 84.3 Å². The van der Waals surface area contributed by atoms with E-state index in [1.807, 2.05) is 34.9 Å². The summed E-state index contributed by atoms with van der Waals surface area (Å²) in [6, 6.07) is 14.6. The molecule has 0 amide bonds. The summed E-state index contributed by atoms with van der Waals surface area (Å²) in [6.07, 6.45) is 6.70. The van der Waals surface area contributed by atoms with Gasteiger partial charge < -0.3 is 9.88 Å². The van der Waals surface area contributed by atoms with Gasteiger partial charge in [-0.2, -0.15) is 5.10 Å². The number of nitrogens with zero attached hydrogens (tertiary/aromatic N) is 5. The van der Waals surface area contributed by atoms with E-state index in [1.165, 1.54) is 23.7 Å². The number of aromatic nitrogens is 6. The summed E-state index contributed by atoms with van der Waals surface area (Å²) in [5.41, 5.74) is 4.86. The molecule has 6 aromatic rings. The van der Waals surface area contributed by atoms with Crippen LogP contribution in [0.3, 0.4) is 0 Å². The van der Waals surface area contributed by atoms with E-state index < -0.39 is 0 Å². The number of hydrogen-bond acceptors (Lipinski definition) is 6. The van der Waals surface area contributed by atoms with Crippen molar-refractivity contribution in [2.45, 2.75) is 6.54 Å². The van der Waals surface area contributed by atoms with E-state index >= 15 is 0 Å². The van der Waals surface area contributed by atoms with E-state index in [9.17, 15) is 4.39 Å². The second kappa shape index (κ2) is 8.42. The van der Waals surface area contributed by atoms with Gasteiger partial charge in [-0.15, -0.1) is 11.3 Å². The third kappa shape index (κ3) is 3.87. The molecule has 4 heterocycles. The number of fused-ring (bicyclic) bond motifs is 2. The Morgan fingerprint density at radius 3 is 2.85 bits per heavy atom. The van der Waals surface area contributed by atoms with E-state index in [-0.39, 0.29) is 5.82 Å². The first kappa shape index (κ1) is 20.1. The van der Waals surface area contributed by atoms with Crippen molar-refractivity contribution in [1.82, 2.24) is 29.7 Å². The Labute approximate surface area is 197 Å². The van der Waals surface area contributed by atoms with E-state index in [2.05, 4.69) is 42.3 Å². The van der Waals surface area contributed by atoms with Gasteiger partial charge in [0.15, 0.2) is 5.82 Å². The zero-order chi connectivity index (χ0) is 22.9. The highest BCUT2D eigenvalue weighted by Crippen LogP contribution is 2.31. The third-order valence-corrected chi connectivity index (χ3v) is 6.37. The van der Waals surface area contributed by atoms with Gasteiger partial charge in [-0.25, -0.2) is 19.3 Å². The fourth-order valence-electron chi connectivity index (χ4n) is 3.67. The number of benzene rings is 2. The van der Waals surface area contributed by atoms with E-state index in [1.54, 1.807) is 30.9 Å². The predicted octanol–water partition coefficient (Wildman–Crippen LogP) is 5.09. The summed E-state index contributed by atoms with van der Waals surface area (Å²) in [5, 5.41) is 10.0. The molecule has 0 spiro atoms. The first-order valence-electron chi connectivity index (χ1n) is 10.4. The lowest BCUT2D eigenvalue weighted by molar-refractivity contribution is 0.601. The second-order valence-electron chi connectivity index (χ2n) is 7.58. The summed E-state index contributed by atoms with van der Waals surface area (Å²) < 4.78 is 16.9. The normalized spacial score (nSPS) is 11.0. The van der Waals surface area contributed by atoms with Gasteiger partial charge in [0.1, 0.15) is 12.1 Å². The molecular weight excluding hydrogens is 449 g/mol. The Morgan fingerprint density at radius 2 is 1.97 bits per heavy atom. The van der Waals surface area contributed by atoms with Crippen LogP contribution in [0.15, 0.2) is 73.6 Å². The molecule has 0 unspecified atom stereocenters. The minimum absolute atomic E-state index is 0.222. The summed E-state index contributed by atoms with van der Waals surface area (Å²) >= 11 is 1.53. The third-order valence-electron chi connectivity index (χ3n) is 5.32. The molecular formula is C25H16FN7S. The molecule has 6 rings (SSSR count). The zero-order valence-electron chi connectivity index (χ0n) is 17.7. The van der Waals surface area contributed by atoms with Crippen LogP contribution >= 0.6 is 11.3 Å². The van der Waals surface area contributed by atoms with Gasteiger partial charge in [0.2, 0.25) is 0 Å². The maximum Gasteiger partial charge on any atom is 0.151 e. The maximum absolute atomic E-state index is 14.1. The Bertz CT molecular complexity index is 1690. The monoisotopic (exact) mass is 465 g/mol. The van der Waals surface area contributed by atoms with Crippen LogP contribution in [0.4, 0.5) is 15.9 Å². The van der Waals surface area contributed by atoms with Crippen molar-refractivity contribution < 1.29 is 4.39 Å². The highest BCUT2D eigenvalue weighted by molar-refractivity contribution is 7.20. The van der Waals surface area contributed by atoms with E-state index in [0.29, 0.717) is 17.9 Å². The molecule has 0 saturated carbocycles. The molecule has 0 fully saturated rings. The molecule has 164 valence electrons. The molecule has 9 heteroatoms. The first-order chi connectivity index (χ1) is 16.7. The van der Waals surface area contributed by atoms with Gasteiger partial charge in [0, 0.05) is 17.4 Å². The van der Waals surface area contributed by atoms with Crippen molar-refractivity contribution >= 4 is 44.1 Å². The average Bonchev–Trinajstić information content (AvgIpc) is 3.59. The minimum Gasteiger partial charge on any atom is -0.339 e. The molecule has 0 aliphatic carbocycles. The van der Waals surface area contributed by atoms with E-state index in [0.717, 1.165) is 37.4 Å². The summed E-state index contributed by atoms with van der Waals surface area (Å²) in [6.45, 7) is 0.417. The molecule has 0 aliphatic rings. The Kier molecular flexibility index (Phi) is 4.98. The highest BCUT2D eigenvalue weighted by atomic mass is 32.1. The van der Waals surface area contributed by atoms with Crippen LogP contribution < -0.4 is 5.32 Å². The van der Waals surface area contributed by atoms with Crippen LogP contribution in [-0.2, 0) is 6.54 Å². The fraction of sp³-hybridized carbons (Fsp3) is 0.0400. The van der Waals surface area contributed by atoms with Crippen LogP contribution in [0.2, 0.25) is 0 Å². The number of anilines is 2. The van der Waals surface area contributed by atoms with E-state index in [4.69, 9.17) is 0 Å². The van der Waals surface area contributed by atoms with Gasteiger partial charge in [-0.1, -0.05) is 30.0 Å².